The molecule has 0 aromatic carbocycles. The molecular formula is C27H40N8O5S. The number of aryl methyl sites for hydroxylation is 1. The average molecular weight is 589 g/mol. The van der Waals surface area contributed by atoms with E-state index in [0.717, 1.165) is 30.8 Å². The van der Waals surface area contributed by atoms with Crippen LogP contribution in [-0.4, -0.2) is 109 Å². The van der Waals surface area contributed by atoms with Gasteiger partial charge in [0.1, 0.15) is 36.1 Å². The lowest BCUT2D eigenvalue weighted by Gasteiger charge is -2.26. The van der Waals surface area contributed by atoms with E-state index in [1.807, 2.05) is 24.9 Å². The predicted octanol–water partition coefficient (Wildman–Crippen LogP) is -0.175. The monoisotopic (exact) mass is 588 g/mol. The maximum atomic E-state index is 12.9. The summed E-state index contributed by atoms with van der Waals surface area (Å²) in [4.78, 5) is 35.3. The molecule has 7 unspecified atom stereocenters. The first-order valence-electron chi connectivity index (χ1n) is 14.5. The molecule has 6 heterocycles. The Bertz CT molecular complexity index is 1290. The molecule has 0 saturated carbocycles. The molecule has 0 spiro atoms. The van der Waals surface area contributed by atoms with Gasteiger partial charge in [-0.1, -0.05) is 13.8 Å². The van der Waals surface area contributed by atoms with Crippen LogP contribution in [0, 0.1) is 11.8 Å². The van der Waals surface area contributed by atoms with E-state index in [9.17, 15) is 19.8 Å². The van der Waals surface area contributed by atoms with Crippen molar-refractivity contribution in [2.75, 3.05) is 37.7 Å². The molecule has 2 aromatic rings. The van der Waals surface area contributed by atoms with Crippen LogP contribution in [0.3, 0.4) is 0 Å². The third kappa shape index (κ3) is 5.72. The number of carbonyl (C=O) groups is 2. The molecule has 9 atom stereocenters. The number of thioether (sulfide) groups is 1. The molecule has 6 rings (SSSR count). The second kappa shape index (κ2) is 11.6. The standard InChI is InChI=1S/C27H40N8O5S/c1-13(22-19-16(11-41-22)32-27(39)33-19)8-14(2)25(38)29-5-3-4-15-9-35(24-18(15)23(28)30-12-31-24)26-21(37)20(36)17(40-26)10-34-6-7-34/h9,12-14,16-17,19-22,26,36-37H,3-8,10-11H2,1-2H3,(H,29,38)(H2,28,30,31)(H2,32,33,39)/t13?,14?,16?,17-,19?,20?,21?,22?,26-/m1/s1. The maximum absolute atomic E-state index is 12.9. The number of aromatic nitrogens is 3. The van der Waals surface area contributed by atoms with E-state index in [4.69, 9.17) is 10.5 Å². The molecule has 41 heavy (non-hydrogen) atoms. The third-order valence-electron chi connectivity index (χ3n) is 8.83. The van der Waals surface area contributed by atoms with E-state index in [1.54, 1.807) is 4.57 Å². The van der Waals surface area contributed by atoms with Gasteiger partial charge in [0, 0.05) is 49.3 Å². The number of rotatable bonds is 11. The van der Waals surface area contributed by atoms with E-state index in [1.165, 1.54) is 6.33 Å². The van der Waals surface area contributed by atoms with Crippen LogP contribution in [0.15, 0.2) is 12.5 Å². The Morgan fingerprint density at radius 1 is 1.27 bits per heavy atom. The van der Waals surface area contributed by atoms with Gasteiger partial charge in [0.25, 0.3) is 0 Å². The van der Waals surface area contributed by atoms with Crippen molar-refractivity contribution in [1.82, 2.24) is 35.4 Å². The van der Waals surface area contributed by atoms with Crippen LogP contribution in [0.5, 0.6) is 0 Å². The smallest absolute Gasteiger partial charge is 0.315 e. The fraction of sp³-hybridized carbons (Fsp3) is 0.704. The van der Waals surface area contributed by atoms with Crippen LogP contribution < -0.4 is 21.7 Å². The molecule has 3 amide bonds. The van der Waals surface area contributed by atoms with Crippen molar-refractivity contribution in [2.45, 2.75) is 75.0 Å². The second-order valence-electron chi connectivity index (χ2n) is 11.9. The molecule has 2 aromatic heterocycles. The molecule has 14 heteroatoms. The number of aliphatic hydroxyl groups is 2. The zero-order valence-electron chi connectivity index (χ0n) is 23.4. The van der Waals surface area contributed by atoms with E-state index in [-0.39, 0.29) is 35.9 Å². The SMILES string of the molecule is CC(CC(C)C1SCC2NC(=O)NC21)C(=O)NCCCc1cn([C@@H]2O[C@H](CN3CC3)C(O)C2O)c2ncnc(N)c12. The van der Waals surface area contributed by atoms with Crippen LogP contribution in [-0.2, 0) is 16.0 Å². The average Bonchev–Trinajstić information content (AvgIpc) is 3.24. The Morgan fingerprint density at radius 2 is 2.07 bits per heavy atom. The molecule has 7 N–H and O–H groups in total. The fourth-order valence-corrected chi connectivity index (χ4v) is 8.12. The Hall–Kier alpha value is -2.65. The molecule has 4 aliphatic rings. The highest BCUT2D eigenvalue weighted by atomic mass is 32.2. The number of hydrogen-bond acceptors (Lipinski definition) is 10. The fourth-order valence-electron chi connectivity index (χ4n) is 6.50. The van der Waals surface area contributed by atoms with Crippen molar-refractivity contribution in [2.24, 2.45) is 11.8 Å². The lowest BCUT2D eigenvalue weighted by molar-refractivity contribution is -0.125. The van der Waals surface area contributed by atoms with Gasteiger partial charge in [0.2, 0.25) is 5.91 Å². The summed E-state index contributed by atoms with van der Waals surface area (Å²) in [6.45, 7) is 7.13. The lowest BCUT2D eigenvalue weighted by atomic mass is 9.89. The van der Waals surface area contributed by atoms with Gasteiger partial charge < -0.3 is 41.2 Å². The van der Waals surface area contributed by atoms with Gasteiger partial charge in [-0.2, -0.15) is 11.8 Å². The molecule has 0 aliphatic carbocycles. The minimum atomic E-state index is -1.10. The van der Waals surface area contributed by atoms with Crippen molar-refractivity contribution >= 4 is 40.6 Å². The lowest BCUT2D eigenvalue weighted by Crippen LogP contribution is -2.41. The van der Waals surface area contributed by atoms with Gasteiger partial charge in [-0.05, 0) is 30.7 Å². The van der Waals surface area contributed by atoms with Crippen LogP contribution in [0.1, 0.15) is 38.5 Å². The Kier molecular flexibility index (Phi) is 8.02. The first-order chi connectivity index (χ1) is 19.7. The molecule has 4 saturated heterocycles. The number of hydrogen-bond donors (Lipinski definition) is 6. The summed E-state index contributed by atoms with van der Waals surface area (Å²) in [6.07, 6.45) is 1.92. The van der Waals surface area contributed by atoms with Gasteiger partial charge in [-0.15, -0.1) is 0 Å². The number of anilines is 1. The molecule has 13 nitrogen and oxygen atoms in total. The summed E-state index contributed by atoms with van der Waals surface area (Å²) in [5, 5.41) is 31.5. The Labute approximate surface area is 243 Å². The Balaban J connectivity index is 1.04. The summed E-state index contributed by atoms with van der Waals surface area (Å²) in [5.74, 6) is 1.40. The molecule has 0 radical (unpaired) electrons. The third-order valence-corrected chi connectivity index (χ3v) is 10.5. The van der Waals surface area contributed by atoms with Crippen molar-refractivity contribution in [3.63, 3.8) is 0 Å². The number of amides is 3. The number of carbonyl (C=O) groups excluding carboxylic acids is 2. The minimum Gasteiger partial charge on any atom is -0.387 e. The molecular weight excluding hydrogens is 548 g/mol. The number of aliphatic hydroxyl groups excluding tert-OH is 2. The second-order valence-corrected chi connectivity index (χ2v) is 13.1. The highest BCUT2D eigenvalue weighted by molar-refractivity contribution is 8.00. The number of fused-ring (bicyclic) bond motifs is 2. The topological polar surface area (TPSA) is 180 Å². The summed E-state index contributed by atoms with van der Waals surface area (Å²) in [6, 6.07) is 0.197. The highest BCUT2D eigenvalue weighted by Gasteiger charge is 2.46. The molecule has 224 valence electrons. The van der Waals surface area contributed by atoms with E-state index in [2.05, 4.69) is 37.7 Å². The quantitative estimate of drug-likeness (QED) is 0.117. The van der Waals surface area contributed by atoms with E-state index < -0.39 is 24.5 Å². The van der Waals surface area contributed by atoms with Gasteiger partial charge >= 0.3 is 6.03 Å². The van der Waals surface area contributed by atoms with Gasteiger partial charge in [-0.3, -0.25) is 9.69 Å². The number of urea groups is 1. The summed E-state index contributed by atoms with van der Waals surface area (Å²) in [5.41, 5.74) is 7.68. The van der Waals surface area contributed by atoms with Gasteiger partial charge in [-0.25, -0.2) is 14.8 Å². The van der Waals surface area contributed by atoms with E-state index in [0.29, 0.717) is 48.0 Å². The first kappa shape index (κ1) is 28.5. The number of nitrogen functional groups attached to an aromatic ring is 1. The maximum Gasteiger partial charge on any atom is 0.315 e. The molecule has 0 bridgehead atoms. The molecule has 4 fully saturated rings. The molecule has 4 aliphatic heterocycles. The number of ether oxygens (including phenoxy) is 1. The van der Waals surface area contributed by atoms with Gasteiger partial charge in [0.15, 0.2) is 6.23 Å². The largest absolute Gasteiger partial charge is 0.387 e. The van der Waals surface area contributed by atoms with Crippen molar-refractivity contribution in [1.29, 1.82) is 0 Å². The number of nitrogens with zero attached hydrogens (tertiary/aromatic N) is 4. The van der Waals surface area contributed by atoms with Gasteiger partial charge in [0.05, 0.1) is 17.5 Å². The Morgan fingerprint density at radius 3 is 2.85 bits per heavy atom. The summed E-state index contributed by atoms with van der Waals surface area (Å²) >= 11 is 1.86. The van der Waals surface area contributed by atoms with Crippen molar-refractivity contribution in [3.8, 4) is 0 Å². The van der Waals surface area contributed by atoms with Crippen LogP contribution in [0.25, 0.3) is 11.0 Å². The zero-order chi connectivity index (χ0) is 28.8. The van der Waals surface area contributed by atoms with E-state index >= 15 is 0 Å². The van der Waals surface area contributed by atoms with Crippen LogP contribution >= 0.6 is 11.8 Å². The highest BCUT2D eigenvalue weighted by Crippen LogP contribution is 2.38. The minimum absolute atomic E-state index is 0.0177. The summed E-state index contributed by atoms with van der Waals surface area (Å²) in [7, 11) is 0. The van der Waals surface area contributed by atoms with Crippen LogP contribution in [0.4, 0.5) is 10.6 Å². The normalized spacial score (nSPS) is 32.5. The number of nitrogens with two attached hydrogens (primary N) is 1. The zero-order valence-corrected chi connectivity index (χ0v) is 24.2. The predicted molar refractivity (Wildman–Crippen MR) is 154 cm³/mol. The summed E-state index contributed by atoms with van der Waals surface area (Å²) < 4.78 is 7.85. The van der Waals surface area contributed by atoms with Crippen molar-refractivity contribution in [3.05, 3.63) is 18.1 Å². The van der Waals surface area contributed by atoms with Crippen molar-refractivity contribution < 1.29 is 24.5 Å². The first-order valence-corrected chi connectivity index (χ1v) is 15.6. The van der Waals surface area contributed by atoms with Crippen LogP contribution in [0.2, 0.25) is 0 Å². The number of nitrogens with one attached hydrogen (secondary N) is 3.